The maximum Gasteiger partial charge on any atom is 0.408 e. The van der Waals surface area contributed by atoms with Gasteiger partial charge in [-0.05, 0) is 56.0 Å². The zero-order chi connectivity index (χ0) is 24.5. The summed E-state index contributed by atoms with van der Waals surface area (Å²) >= 11 is 0. The fourth-order valence-corrected chi connectivity index (χ4v) is 4.54. The molecule has 0 saturated carbocycles. The fourth-order valence-electron chi connectivity index (χ4n) is 4.54. The summed E-state index contributed by atoms with van der Waals surface area (Å²) in [7, 11) is 0. The van der Waals surface area contributed by atoms with Crippen LogP contribution >= 0.6 is 0 Å². The Morgan fingerprint density at radius 2 is 1.85 bits per heavy atom. The van der Waals surface area contributed by atoms with E-state index in [1.54, 1.807) is 37.8 Å². The Morgan fingerprint density at radius 1 is 1.15 bits per heavy atom. The summed E-state index contributed by atoms with van der Waals surface area (Å²) in [5, 5.41) is 13.3. The third-order valence-electron chi connectivity index (χ3n) is 6.13. The number of rotatable bonds is 3. The topological polar surface area (TPSA) is 88.1 Å². The molecule has 1 saturated heterocycles. The molecule has 4 rings (SSSR count). The van der Waals surface area contributed by atoms with Crippen molar-refractivity contribution >= 4 is 12.0 Å². The van der Waals surface area contributed by atoms with Gasteiger partial charge in [-0.1, -0.05) is 36.4 Å². The molecule has 2 aromatic rings. The van der Waals surface area contributed by atoms with Crippen molar-refractivity contribution in [3.05, 3.63) is 71.0 Å². The van der Waals surface area contributed by atoms with Crippen LogP contribution in [0.1, 0.15) is 49.9 Å². The molecule has 0 bridgehead atoms. The zero-order valence-corrected chi connectivity index (χ0v) is 19.7. The van der Waals surface area contributed by atoms with Crippen molar-refractivity contribution in [2.45, 2.75) is 63.5 Å². The molecule has 0 aromatic heterocycles. The quantitative estimate of drug-likeness (QED) is 0.719. The lowest BCUT2D eigenvalue weighted by Crippen LogP contribution is -2.56. The van der Waals surface area contributed by atoms with Crippen LogP contribution in [0.5, 0.6) is 0 Å². The van der Waals surface area contributed by atoms with Crippen LogP contribution in [-0.2, 0) is 20.7 Å². The van der Waals surface area contributed by atoms with Gasteiger partial charge in [0.1, 0.15) is 17.5 Å². The van der Waals surface area contributed by atoms with Gasteiger partial charge in [0.25, 0.3) is 5.91 Å². The number of aliphatic hydroxyl groups excluding tert-OH is 1. The monoisotopic (exact) mass is 470 g/mol. The lowest BCUT2D eigenvalue weighted by molar-refractivity contribution is -0.155. The van der Waals surface area contributed by atoms with Gasteiger partial charge in [0.05, 0.1) is 24.8 Å². The number of nitrogens with one attached hydrogen (secondary N) is 1. The normalized spacial score (nSPS) is 24.8. The van der Waals surface area contributed by atoms with E-state index in [1.165, 1.54) is 12.1 Å². The first kappa shape index (κ1) is 24.2. The molecule has 1 unspecified atom stereocenters. The molecule has 8 heteroatoms. The largest absolute Gasteiger partial charge is 0.444 e. The number of aliphatic hydroxyl groups is 1. The van der Waals surface area contributed by atoms with E-state index in [1.807, 2.05) is 24.3 Å². The number of carbonyl (C=O) groups is 2. The molecular weight excluding hydrogens is 439 g/mol. The van der Waals surface area contributed by atoms with E-state index in [0.29, 0.717) is 13.0 Å². The molecule has 0 spiro atoms. The molecule has 2 N–H and O–H groups in total. The van der Waals surface area contributed by atoms with Crippen molar-refractivity contribution in [1.29, 1.82) is 0 Å². The van der Waals surface area contributed by atoms with Crippen LogP contribution < -0.4 is 5.32 Å². The standard InChI is InChI=1S/C26H31FN2O5/c1-26(2,3)34-25(32)28-20-15-33-22(14-21(20)30)24(31)29-13-12-16-6-4-5-7-19(16)23(29)17-8-10-18(27)11-9-17/h4-11,20-23,30H,12-15H2,1-3H3,(H,28,32)/t20?,21-,22-,23+/m1/s1. The molecule has 182 valence electrons. The number of amides is 2. The third-order valence-corrected chi connectivity index (χ3v) is 6.13. The molecule has 34 heavy (non-hydrogen) atoms. The third kappa shape index (κ3) is 5.39. The minimum absolute atomic E-state index is 0.0115. The Kier molecular flexibility index (Phi) is 6.91. The molecule has 2 aliphatic heterocycles. The highest BCUT2D eigenvalue weighted by Gasteiger charge is 2.40. The van der Waals surface area contributed by atoms with Crippen molar-refractivity contribution in [3.8, 4) is 0 Å². The number of carbonyl (C=O) groups excluding carboxylic acids is 2. The number of benzene rings is 2. The van der Waals surface area contributed by atoms with Crippen molar-refractivity contribution in [1.82, 2.24) is 10.2 Å². The van der Waals surface area contributed by atoms with Crippen LogP contribution in [0.25, 0.3) is 0 Å². The Labute approximate surface area is 198 Å². The smallest absolute Gasteiger partial charge is 0.408 e. The van der Waals surface area contributed by atoms with Gasteiger partial charge in [-0.3, -0.25) is 4.79 Å². The number of halogens is 1. The number of hydrogen-bond acceptors (Lipinski definition) is 5. The minimum atomic E-state index is -0.962. The molecule has 4 atom stereocenters. The van der Waals surface area contributed by atoms with E-state index >= 15 is 0 Å². The zero-order valence-electron chi connectivity index (χ0n) is 19.7. The Hall–Kier alpha value is -2.97. The lowest BCUT2D eigenvalue weighted by Gasteiger charge is -2.41. The van der Waals surface area contributed by atoms with Crippen LogP contribution in [0.4, 0.5) is 9.18 Å². The average molecular weight is 471 g/mol. The van der Waals surface area contributed by atoms with E-state index in [-0.39, 0.29) is 30.8 Å². The van der Waals surface area contributed by atoms with Crippen LogP contribution in [0.2, 0.25) is 0 Å². The van der Waals surface area contributed by atoms with Crippen molar-refractivity contribution < 1.29 is 28.6 Å². The lowest BCUT2D eigenvalue weighted by atomic mass is 9.87. The van der Waals surface area contributed by atoms with Crippen LogP contribution in [0, 0.1) is 5.82 Å². The Balaban J connectivity index is 1.50. The van der Waals surface area contributed by atoms with Gasteiger partial charge in [-0.15, -0.1) is 0 Å². The van der Waals surface area contributed by atoms with Crippen LogP contribution in [0.3, 0.4) is 0 Å². The first-order valence-corrected chi connectivity index (χ1v) is 11.6. The first-order chi connectivity index (χ1) is 16.1. The molecule has 2 aliphatic rings. The second kappa shape index (κ2) is 9.72. The number of fused-ring (bicyclic) bond motifs is 1. The van der Waals surface area contributed by atoms with Crippen LogP contribution in [-0.4, -0.2) is 59.0 Å². The number of ether oxygens (including phenoxy) is 2. The van der Waals surface area contributed by atoms with E-state index < -0.39 is 29.9 Å². The summed E-state index contributed by atoms with van der Waals surface area (Å²) < 4.78 is 24.7. The number of nitrogens with zero attached hydrogens (tertiary/aromatic N) is 1. The SMILES string of the molecule is CC(C)(C)OC(=O)NC1CO[C@@H](C(=O)N2CCc3ccccc3[C@@H]2c2ccc(F)cc2)C[C@H]1O. The predicted molar refractivity (Wildman–Crippen MR) is 124 cm³/mol. The fraction of sp³-hybridized carbons (Fsp3) is 0.462. The van der Waals surface area contributed by atoms with E-state index in [0.717, 1.165) is 16.7 Å². The van der Waals surface area contributed by atoms with Crippen molar-refractivity contribution in [3.63, 3.8) is 0 Å². The highest BCUT2D eigenvalue weighted by molar-refractivity contribution is 5.82. The van der Waals surface area contributed by atoms with Gasteiger partial charge >= 0.3 is 6.09 Å². The molecule has 2 amide bonds. The van der Waals surface area contributed by atoms with Gasteiger partial charge < -0.3 is 24.8 Å². The van der Waals surface area contributed by atoms with Gasteiger partial charge in [-0.25, -0.2) is 9.18 Å². The summed E-state index contributed by atoms with van der Waals surface area (Å²) in [4.78, 5) is 27.4. The van der Waals surface area contributed by atoms with Crippen molar-refractivity contribution in [2.24, 2.45) is 0 Å². The van der Waals surface area contributed by atoms with Crippen LogP contribution in [0.15, 0.2) is 48.5 Å². The van der Waals surface area contributed by atoms with E-state index in [9.17, 15) is 19.1 Å². The summed E-state index contributed by atoms with van der Waals surface area (Å²) in [6.07, 6.45) is -1.71. The second-order valence-electron chi connectivity index (χ2n) is 9.81. The molecule has 7 nitrogen and oxygen atoms in total. The maximum absolute atomic E-state index is 13.6. The molecule has 0 radical (unpaired) electrons. The van der Waals surface area contributed by atoms with E-state index in [4.69, 9.17) is 9.47 Å². The first-order valence-electron chi connectivity index (χ1n) is 11.6. The minimum Gasteiger partial charge on any atom is -0.444 e. The summed E-state index contributed by atoms with van der Waals surface area (Å²) in [5.74, 6) is -0.577. The predicted octanol–water partition coefficient (Wildman–Crippen LogP) is 3.34. The highest BCUT2D eigenvalue weighted by atomic mass is 19.1. The Bertz CT molecular complexity index is 1040. The average Bonchev–Trinajstić information content (AvgIpc) is 2.78. The Morgan fingerprint density at radius 3 is 2.53 bits per heavy atom. The summed E-state index contributed by atoms with van der Waals surface area (Å²) in [6, 6.07) is 13.0. The summed E-state index contributed by atoms with van der Waals surface area (Å²) in [5.41, 5.74) is 2.28. The van der Waals surface area contributed by atoms with E-state index in [2.05, 4.69) is 5.32 Å². The number of hydrogen-bond donors (Lipinski definition) is 2. The number of alkyl carbamates (subject to hydrolysis) is 1. The molecule has 0 aliphatic carbocycles. The molecule has 1 fully saturated rings. The van der Waals surface area contributed by atoms with Crippen molar-refractivity contribution in [2.75, 3.05) is 13.2 Å². The molecule has 2 heterocycles. The summed E-state index contributed by atoms with van der Waals surface area (Å²) in [6.45, 7) is 5.73. The molecule has 2 aromatic carbocycles. The van der Waals surface area contributed by atoms with Gasteiger partial charge in [0.15, 0.2) is 0 Å². The van der Waals surface area contributed by atoms with Gasteiger partial charge in [0, 0.05) is 13.0 Å². The van der Waals surface area contributed by atoms with Gasteiger partial charge in [0.2, 0.25) is 0 Å². The maximum atomic E-state index is 13.6. The molecular formula is C26H31FN2O5. The van der Waals surface area contributed by atoms with Gasteiger partial charge in [-0.2, -0.15) is 0 Å². The highest BCUT2D eigenvalue weighted by Crippen LogP contribution is 2.36. The second-order valence-corrected chi connectivity index (χ2v) is 9.81.